The van der Waals surface area contributed by atoms with E-state index in [-0.39, 0.29) is 23.4 Å². The Morgan fingerprint density at radius 3 is 2.64 bits per heavy atom. The third-order valence-electron chi connectivity index (χ3n) is 5.40. The minimum atomic E-state index is -4.45. The molecule has 2 N–H and O–H groups in total. The molecule has 2 fully saturated rings. The molecule has 1 spiro atoms. The molecule has 1 atom stereocenters. The number of aliphatic hydroxyl groups is 1. The Morgan fingerprint density at radius 2 is 1.96 bits per heavy atom. The number of carbonyl (C=O) groups is 1. The van der Waals surface area contributed by atoms with Gasteiger partial charge in [0.2, 0.25) is 5.91 Å². The number of β-amino-alcohol motifs (C(OH)–C–C–N with tert-alkyl or cyclic N) is 1. The van der Waals surface area contributed by atoms with Crippen LogP contribution in [0.15, 0.2) is 24.3 Å². The van der Waals surface area contributed by atoms with Gasteiger partial charge in [-0.3, -0.25) is 4.79 Å². The molecule has 3 rings (SSSR count). The van der Waals surface area contributed by atoms with Gasteiger partial charge in [0.25, 0.3) is 0 Å². The van der Waals surface area contributed by atoms with Crippen LogP contribution >= 0.6 is 0 Å². The first-order chi connectivity index (χ1) is 11.8. The quantitative estimate of drug-likeness (QED) is 0.876. The predicted octanol–water partition coefficient (Wildman–Crippen LogP) is 2.73. The first-order valence-electron chi connectivity index (χ1n) is 8.63. The fourth-order valence-corrected chi connectivity index (χ4v) is 3.87. The number of aliphatic hydroxyl groups excluding tert-OH is 1. The Morgan fingerprint density at radius 1 is 1.24 bits per heavy atom. The number of hydrogen-bond acceptors (Lipinski definition) is 3. The number of halogens is 3. The third-order valence-corrected chi connectivity index (χ3v) is 5.40. The predicted molar refractivity (Wildman–Crippen MR) is 86.8 cm³/mol. The van der Waals surface area contributed by atoms with Gasteiger partial charge in [0.1, 0.15) is 0 Å². The van der Waals surface area contributed by atoms with Gasteiger partial charge in [0.05, 0.1) is 18.2 Å². The summed E-state index contributed by atoms with van der Waals surface area (Å²) in [5, 5.41) is 13.7. The van der Waals surface area contributed by atoms with Crippen LogP contribution in [0.25, 0.3) is 0 Å². The van der Waals surface area contributed by atoms with Crippen molar-refractivity contribution in [3.63, 3.8) is 0 Å². The Bertz CT molecular complexity index is 627. The monoisotopic (exact) mass is 356 g/mol. The summed E-state index contributed by atoms with van der Waals surface area (Å²) in [6.07, 6.45) is -2.31. The van der Waals surface area contributed by atoms with E-state index < -0.39 is 17.8 Å². The number of rotatable bonds is 3. The molecule has 0 unspecified atom stereocenters. The molecule has 0 aromatic heterocycles. The van der Waals surface area contributed by atoms with Crippen molar-refractivity contribution < 1.29 is 23.1 Å². The van der Waals surface area contributed by atoms with E-state index in [0.29, 0.717) is 13.0 Å². The highest BCUT2D eigenvalue weighted by atomic mass is 19.4. The number of alkyl halides is 3. The largest absolute Gasteiger partial charge is 0.416 e. The number of piperidine rings is 2. The van der Waals surface area contributed by atoms with Crippen LogP contribution in [0, 0.1) is 5.41 Å². The molecule has 138 valence electrons. The van der Waals surface area contributed by atoms with Crippen LogP contribution in [0.5, 0.6) is 0 Å². The second-order valence-electron chi connectivity index (χ2n) is 7.16. The van der Waals surface area contributed by atoms with Gasteiger partial charge in [-0.15, -0.1) is 0 Å². The zero-order chi connectivity index (χ0) is 18.1. The molecular weight excluding hydrogens is 333 g/mol. The van der Waals surface area contributed by atoms with E-state index in [9.17, 15) is 23.1 Å². The Balaban J connectivity index is 1.71. The molecule has 2 aliphatic heterocycles. The molecule has 0 bridgehead atoms. The molecule has 1 amide bonds. The minimum absolute atomic E-state index is 0.0322. The van der Waals surface area contributed by atoms with Gasteiger partial charge in [0.15, 0.2) is 0 Å². The van der Waals surface area contributed by atoms with E-state index in [2.05, 4.69) is 5.32 Å². The van der Waals surface area contributed by atoms with Gasteiger partial charge < -0.3 is 15.3 Å². The standard InChI is InChI=1S/C18H23F3N2O2/c19-18(20,21)14-3-1-2-13(10-14)15(24)11-23-12-17(5-4-16(23)25)6-8-22-9-7-17/h1-3,10,15,22,24H,4-9,11-12H2/t15-/m1/s1. The summed E-state index contributed by atoms with van der Waals surface area (Å²) in [6.45, 7) is 2.44. The molecular formula is C18H23F3N2O2. The zero-order valence-corrected chi connectivity index (χ0v) is 14.0. The van der Waals surface area contributed by atoms with Crippen molar-refractivity contribution in [1.82, 2.24) is 10.2 Å². The van der Waals surface area contributed by atoms with Crippen molar-refractivity contribution in [2.75, 3.05) is 26.2 Å². The molecule has 25 heavy (non-hydrogen) atoms. The SMILES string of the molecule is O=C1CCC2(CCNCC2)CN1C[C@@H](O)c1cccc(C(F)(F)F)c1. The maximum absolute atomic E-state index is 12.8. The third kappa shape index (κ3) is 4.15. The van der Waals surface area contributed by atoms with Crippen molar-refractivity contribution in [3.8, 4) is 0 Å². The lowest BCUT2D eigenvalue weighted by atomic mass is 9.72. The molecule has 2 aliphatic rings. The van der Waals surface area contributed by atoms with Crippen molar-refractivity contribution in [1.29, 1.82) is 0 Å². The molecule has 1 aromatic carbocycles. The Hall–Kier alpha value is -1.60. The first kappa shape index (κ1) is 18.2. The molecule has 2 saturated heterocycles. The number of hydrogen-bond donors (Lipinski definition) is 2. The van der Waals surface area contributed by atoms with E-state index in [1.165, 1.54) is 12.1 Å². The summed E-state index contributed by atoms with van der Waals surface area (Å²) in [4.78, 5) is 13.9. The van der Waals surface area contributed by atoms with Crippen LogP contribution in [-0.4, -0.2) is 42.1 Å². The van der Waals surface area contributed by atoms with Gasteiger partial charge in [-0.1, -0.05) is 12.1 Å². The topological polar surface area (TPSA) is 52.6 Å². The van der Waals surface area contributed by atoms with Crippen LogP contribution < -0.4 is 5.32 Å². The normalized spacial score (nSPS) is 22.2. The summed E-state index contributed by atoms with van der Waals surface area (Å²) in [5.74, 6) is -0.0322. The molecule has 1 aromatic rings. The van der Waals surface area contributed by atoms with Crippen LogP contribution in [0.1, 0.15) is 42.9 Å². The van der Waals surface area contributed by atoms with Crippen LogP contribution in [0.3, 0.4) is 0 Å². The highest BCUT2D eigenvalue weighted by Crippen LogP contribution is 2.39. The molecule has 0 radical (unpaired) electrons. The second-order valence-corrected chi connectivity index (χ2v) is 7.16. The van der Waals surface area contributed by atoms with E-state index in [1.54, 1.807) is 4.90 Å². The second kappa shape index (κ2) is 6.96. The highest BCUT2D eigenvalue weighted by molar-refractivity contribution is 5.77. The van der Waals surface area contributed by atoms with Gasteiger partial charge in [-0.05, 0) is 55.5 Å². The average molecular weight is 356 g/mol. The molecule has 7 heteroatoms. The summed E-state index contributed by atoms with van der Waals surface area (Å²) < 4.78 is 38.5. The van der Waals surface area contributed by atoms with Crippen molar-refractivity contribution in [2.24, 2.45) is 5.41 Å². The summed E-state index contributed by atoms with van der Waals surface area (Å²) in [5.41, 5.74) is -0.524. The van der Waals surface area contributed by atoms with E-state index >= 15 is 0 Å². The zero-order valence-electron chi connectivity index (χ0n) is 14.0. The van der Waals surface area contributed by atoms with Crippen LogP contribution in [-0.2, 0) is 11.0 Å². The average Bonchev–Trinajstić information content (AvgIpc) is 2.58. The summed E-state index contributed by atoms with van der Waals surface area (Å²) in [6, 6.07) is 4.69. The van der Waals surface area contributed by atoms with Crippen molar-refractivity contribution in [3.05, 3.63) is 35.4 Å². The molecule has 0 aliphatic carbocycles. The fraction of sp³-hybridized carbons (Fsp3) is 0.611. The van der Waals surface area contributed by atoms with Crippen molar-refractivity contribution in [2.45, 2.75) is 38.0 Å². The number of nitrogens with one attached hydrogen (secondary N) is 1. The number of amides is 1. The Labute approximate surface area is 145 Å². The van der Waals surface area contributed by atoms with E-state index in [0.717, 1.165) is 44.5 Å². The molecule has 2 heterocycles. The van der Waals surface area contributed by atoms with Gasteiger partial charge >= 0.3 is 6.18 Å². The smallest absolute Gasteiger partial charge is 0.387 e. The highest BCUT2D eigenvalue weighted by Gasteiger charge is 2.40. The van der Waals surface area contributed by atoms with Crippen LogP contribution in [0.2, 0.25) is 0 Å². The lowest BCUT2D eigenvalue weighted by Gasteiger charge is -2.45. The van der Waals surface area contributed by atoms with E-state index in [1.807, 2.05) is 0 Å². The molecule has 4 nitrogen and oxygen atoms in total. The van der Waals surface area contributed by atoms with Gasteiger partial charge in [0, 0.05) is 13.0 Å². The lowest BCUT2D eigenvalue weighted by molar-refractivity contribution is -0.140. The number of likely N-dealkylation sites (tertiary alicyclic amines) is 1. The van der Waals surface area contributed by atoms with Gasteiger partial charge in [-0.2, -0.15) is 13.2 Å². The first-order valence-corrected chi connectivity index (χ1v) is 8.63. The lowest BCUT2D eigenvalue weighted by Crippen LogP contribution is -2.51. The maximum atomic E-state index is 12.8. The number of carbonyl (C=O) groups excluding carboxylic acids is 1. The molecule has 0 saturated carbocycles. The van der Waals surface area contributed by atoms with Gasteiger partial charge in [-0.25, -0.2) is 0 Å². The fourth-order valence-electron chi connectivity index (χ4n) is 3.87. The minimum Gasteiger partial charge on any atom is -0.387 e. The Kier molecular flexibility index (Phi) is 5.06. The van der Waals surface area contributed by atoms with Crippen molar-refractivity contribution >= 4 is 5.91 Å². The number of nitrogens with zero attached hydrogens (tertiary/aromatic N) is 1. The number of benzene rings is 1. The maximum Gasteiger partial charge on any atom is 0.416 e. The van der Waals surface area contributed by atoms with Crippen LogP contribution in [0.4, 0.5) is 13.2 Å². The summed E-state index contributed by atoms with van der Waals surface area (Å²) in [7, 11) is 0. The van der Waals surface area contributed by atoms with E-state index in [4.69, 9.17) is 0 Å². The summed E-state index contributed by atoms with van der Waals surface area (Å²) >= 11 is 0.